The van der Waals surface area contributed by atoms with Crippen molar-refractivity contribution in [2.24, 2.45) is 4.99 Å². The number of nitrogens with zero attached hydrogens (tertiary/aromatic N) is 3. The van der Waals surface area contributed by atoms with Crippen LogP contribution < -0.4 is 0 Å². The monoisotopic (exact) mass is 263 g/mol. The quantitative estimate of drug-likeness (QED) is 0.782. The van der Waals surface area contributed by atoms with Crippen LogP contribution in [0.25, 0.3) is 5.57 Å². The van der Waals surface area contributed by atoms with Gasteiger partial charge < -0.3 is 4.90 Å². The van der Waals surface area contributed by atoms with Crippen molar-refractivity contribution < 1.29 is 4.79 Å². The summed E-state index contributed by atoms with van der Waals surface area (Å²) < 4.78 is 0. The molecule has 0 saturated heterocycles. The summed E-state index contributed by atoms with van der Waals surface area (Å²) in [6, 6.07) is 9.54. The topological polar surface area (TPSA) is 56.5 Å². The summed E-state index contributed by atoms with van der Waals surface area (Å²) in [5.41, 5.74) is 1.88. The molecule has 4 nitrogen and oxygen atoms in total. The normalized spacial score (nSPS) is 19.2. The Hall–Kier alpha value is -2.67. The van der Waals surface area contributed by atoms with E-state index in [1.165, 1.54) is 0 Å². The van der Waals surface area contributed by atoms with E-state index in [4.69, 9.17) is 5.26 Å². The van der Waals surface area contributed by atoms with Crippen molar-refractivity contribution in [2.75, 3.05) is 0 Å². The lowest BCUT2D eigenvalue weighted by Crippen LogP contribution is -2.43. The first kappa shape index (κ1) is 12.4. The second kappa shape index (κ2) is 4.17. The standard InChI is InChI=1S/C16H13N3O/c1-16(2)15(20)18-14-7-6-13(10-19(14)16)12-5-3-4-11(8-12)9-17/h3-8,10H,1-2H3. The molecule has 1 aromatic carbocycles. The van der Waals surface area contributed by atoms with E-state index in [2.05, 4.69) is 11.1 Å². The highest BCUT2D eigenvalue weighted by molar-refractivity contribution is 6.13. The Morgan fingerprint density at radius 1 is 1.30 bits per heavy atom. The molecule has 0 aromatic heterocycles. The van der Waals surface area contributed by atoms with Crippen LogP contribution >= 0.6 is 0 Å². The molecule has 1 amide bonds. The van der Waals surface area contributed by atoms with Gasteiger partial charge in [-0.15, -0.1) is 0 Å². The second-order valence-corrected chi connectivity index (χ2v) is 5.31. The number of hydrogen-bond acceptors (Lipinski definition) is 3. The third-order valence-corrected chi connectivity index (χ3v) is 3.59. The lowest BCUT2D eigenvalue weighted by Gasteiger charge is -2.31. The number of nitriles is 1. The molecule has 0 atom stereocenters. The van der Waals surface area contributed by atoms with Crippen molar-refractivity contribution in [2.45, 2.75) is 19.4 Å². The van der Waals surface area contributed by atoms with Crippen molar-refractivity contribution in [1.82, 2.24) is 4.90 Å². The van der Waals surface area contributed by atoms with Crippen molar-refractivity contribution >= 4 is 17.3 Å². The van der Waals surface area contributed by atoms with Crippen LogP contribution in [0.1, 0.15) is 25.0 Å². The van der Waals surface area contributed by atoms with Gasteiger partial charge in [0.1, 0.15) is 11.4 Å². The number of hydrogen-bond donors (Lipinski definition) is 0. The summed E-state index contributed by atoms with van der Waals surface area (Å²) >= 11 is 0. The van der Waals surface area contributed by atoms with E-state index in [0.717, 1.165) is 11.1 Å². The number of amidine groups is 1. The highest BCUT2D eigenvalue weighted by atomic mass is 16.2. The Morgan fingerprint density at radius 3 is 2.85 bits per heavy atom. The molecule has 2 heterocycles. The first-order chi connectivity index (χ1) is 9.52. The fourth-order valence-electron chi connectivity index (χ4n) is 2.31. The lowest BCUT2D eigenvalue weighted by atomic mass is 9.99. The average molecular weight is 263 g/mol. The predicted molar refractivity (Wildman–Crippen MR) is 76.6 cm³/mol. The summed E-state index contributed by atoms with van der Waals surface area (Å²) in [5, 5.41) is 8.97. The van der Waals surface area contributed by atoms with Gasteiger partial charge in [-0.25, -0.2) is 0 Å². The highest BCUT2D eigenvalue weighted by Gasteiger charge is 2.41. The number of benzene rings is 1. The van der Waals surface area contributed by atoms with Crippen molar-refractivity contribution in [3.63, 3.8) is 0 Å². The molecule has 0 spiro atoms. The Balaban J connectivity index is 2.04. The van der Waals surface area contributed by atoms with Crippen molar-refractivity contribution in [1.29, 1.82) is 5.26 Å². The molecule has 0 aliphatic carbocycles. The summed E-state index contributed by atoms with van der Waals surface area (Å²) in [4.78, 5) is 17.8. The fraction of sp³-hybridized carbons (Fsp3) is 0.188. The molecule has 98 valence electrons. The van der Waals surface area contributed by atoms with Crippen molar-refractivity contribution in [3.05, 3.63) is 53.7 Å². The van der Waals surface area contributed by atoms with Crippen molar-refractivity contribution in [3.8, 4) is 6.07 Å². The minimum Gasteiger partial charge on any atom is -0.318 e. The molecule has 0 N–H and O–H groups in total. The van der Waals surface area contributed by atoms with Crippen LogP contribution in [-0.2, 0) is 4.79 Å². The zero-order chi connectivity index (χ0) is 14.3. The molecule has 0 radical (unpaired) electrons. The van der Waals surface area contributed by atoms with E-state index in [0.29, 0.717) is 11.4 Å². The van der Waals surface area contributed by atoms with Crippen LogP contribution in [0, 0.1) is 11.3 Å². The van der Waals surface area contributed by atoms with E-state index >= 15 is 0 Å². The Morgan fingerprint density at radius 2 is 2.10 bits per heavy atom. The number of fused-ring (bicyclic) bond motifs is 1. The zero-order valence-electron chi connectivity index (χ0n) is 11.3. The van der Waals surface area contributed by atoms with Gasteiger partial charge in [0.15, 0.2) is 0 Å². The van der Waals surface area contributed by atoms with E-state index in [1.54, 1.807) is 6.07 Å². The maximum absolute atomic E-state index is 11.9. The predicted octanol–water partition coefficient (Wildman–Crippen LogP) is 2.49. The minimum absolute atomic E-state index is 0.138. The van der Waals surface area contributed by atoms with E-state index in [9.17, 15) is 4.79 Å². The minimum atomic E-state index is -0.655. The number of rotatable bonds is 1. The van der Waals surface area contributed by atoms with Crippen LogP contribution in [-0.4, -0.2) is 22.2 Å². The molecule has 0 saturated carbocycles. The maximum Gasteiger partial charge on any atom is 0.273 e. The molecule has 1 aromatic rings. The maximum atomic E-state index is 11.9. The first-order valence-electron chi connectivity index (χ1n) is 6.35. The van der Waals surface area contributed by atoms with Gasteiger partial charge >= 0.3 is 0 Å². The molecule has 3 rings (SSSR count). The smallest absolute Gasteiger partial charge is 0.273 e. The van der Waals surface area contributed by atoms with Gasteiger partial charge in [0.25, 0.3) is 5.91 Å². The van der Waals surface area contributed by atoms with Gasteiger partial charge in [0.05, 0.1) is 11.6 Å². The molecule has 2 aliphatic rings. The lowest BCUT2D eigenvalue weighted by molar-refractivity contribution is -0.123. The SMILES string of the molecule is CC1(C)C(=O)N=C2C=CC(c3cccc(C#N)c3)=CN21. The molecule has 0 fully saturated rings. The van der Waals surface area contributed by atoms with Crippen LogP contribution in [0.4, 0.5) is 0 Å². The fourth-order valence-corrected chi connectivity index (χ4v) is 2.31. The van der Waals surface area contributed by atoms with Crippen LogP contribution in [0.5, 0.6) is 0 Å². The van der Waals surface area contributed by atoms with Gasteiger partial charge in [-0.3, -0.25) is 4.79 Å². The zero-order valence-corrected chi connectivity index (χ0v) is 11.3. The Labute approximate surface area is 117 Å². The van der Waals surface area contributed by atoms with Gasteiger partial charge in [0, 0.05) is 6.20 Å². The van der Waals surface area contributed by atoms with E-state index < -0.39 is 5.54 Å². The molecule has 0 unspecified atom stereocenters. The van der Waals surface area contributed by atoms with Gasteiger partial charge in [0.2, 0.25) is 0 Å². The molecular formula is C16H13N3O. The number of allylic oxidation sites excluding steroid dienone is 2. The number of aliphatic imine (C=N–C) groups is 1. The Kier molecular flexibility index (Phi) is 2.58. The second-order valence-electron chi connectivity index (χ2n) is 5.31. The summed E-state index contributed by atoms with van der Waals surface area (Å²) in [7, 11) is 0. The number of amides is 1. The van der Waals surface area contributed by atoms with Crippen LogP contribution in [0.2, 0.25) is 0 Å². The molecular weight excluding hydrogens is 250 g/mol. The Bertz CT molecular complexity index is 732. The molecule has 2 aliphatic heterocycles. The summed E-state index contributed by atoms with van der Waals surface area (Å²) in [6.07, 6.45) is 5.67. The highest BCUT2D eigenvalue weighted by Crippen LogP contribution is 2.31. The van der Waals surface area contributed by atoms with E-state index in [1.807, 2.05) is 55.3 Å². The molecule has 20 heavy (non-hydrogen) atoms. The summed E-state index contributed by atoms with van der Waals surface area (Å²) in [6.45, 7) is 3.70. The number of carbonyl (C=O) groups excluding carboxylic acids is 1. The van der Waals surface area contributed by atoms with Crippen LogP contribution in [0.3, 0.4) is 0 Å². The van der Waals surface area contributed by atoms with Gasteiger partial charge in [-0.2, -0.15) is 10.3 Å². The first-order valence-corrected chi connectivity index (χ1v) is 6.35. The van der Waals surface area contributed by atoms with E-state index in [-0.39, 0.29) is 5.91 Å². The average Bonchev–Trinajstić information content (AvgIpc) is 2.69. The number of carbonyl (C=O) groups is 1. The third kappa shape index (κ3) is 1.76. The van der Waals surface area contributed by atoms with Gasteiger partial charge in [-0.1, -0.05) is 12.1 Å². The van der Waals surface area contributed by atoms with Crippen LogP contribution in [0.15, 0.2) is 47.6 Å². The molecule has 0 bridgehead atoms. The van der Waals surface area contributed by atoms with Gasteiger partial charge in [-0.05, 0) is 49.3 Å². The largest absolute Gasteiger partial charge is 0.318 e. The molecule has 4 heteroatoms. The summed E-state index contributed by atoms with van der Waals surface area (Å²) in [5.74, 6) is 0.528. The third-order valence-electron chi connectivity index (χ3n) is 3.59.